The Morgan fingerprint density at radius 1 is 1.48 bits per heavy atom. The van der Waals surface area contributed by atoms with Crippen LogP contribution in [0.4, 0.5) is 10.1 Å². The molecule has 1 saturated heterocycles. The second kappa shape index (κ2) is 6.89. The summed E-state index contributed by atoms with van der Waals surface area (Å²) in [5.74, 6) is -0.630. The summed E-state index contributed by atoms with van der Waals surface area (Å²) >= 11 is 0. The molecular weight excluding hydrogens is 269 g/mol. The van der Waals surface area contributed by atoms with Crippen molar-refractivity contribution in [2.75, 3.05) is 18.0 Å². The summed E-state index contributed by atoms with van der Waals surface area (Å²) in [6.07, 6.45) is 1.70. The summed E-state index contributed by atoms with van der Waals surface area (Å²) in [6, 6.07) is 5.41. The highest BCUT2D eigenvalue weighted by molar-refractivity contribution is 5.78. The molecule has 0 saturated carbocycles. The van der Waals surface area contributed by atoms with E-state index in [2.05, 4.69) is 17.1 Å². The van der Waals surface area contributed by atoms with Crippen molar-refractivity contribution in [2.45, 2.75) is 39.3 Å². The molecule has 0 aromatic heterocycles. The van der Waals surface area contributed by atoms with Gasteiger partial charge < -0.3 is 16.0 Å². The minimum Gasteiger partial charge on any atom is -0.369 e. The minimum absolute atomic E-state index is 0.156. The van der Waals surface area contributed by atoms with Crippen LogP contribution in [0.3, 0.4) is 0 Å². The van der Waals surface area contributed by atoms with E-state index >= 15 is 0 Å². The van der Waals surface area contributed by atoms with Crippen LogP contribution in [0.2, 0.25) is 0 Å². The quantitative estimate of drug-likeness (QED) is 0.873. The highest BCUT2D eigenvalue weighted by atomic mass is 19.1. The van der Waals surface area contributed by atoms with Gasteiger partial charge in [0.1, 0.15) is 5.82 Å². The molecule has 1 amide bonds. The van der Waals surface area contributed by atoms with Gasteiger partial charge in [-0.25, -0.2) is 4.39 Å². The van der Waals surface area contributed by atoms with Gasteiger partial charge in [0.25, 0.3) is 0 Å². The van der Waals surface area contributed by atoms with Gasteiger partial charge in [-0.1, -0.05) is 13.0 Å². The lowest BCUT2D eigenvalue weighted by molar-refractivity contribution is -0.122. The Labute approximate surface area is 125 Å². The van der Waals surface area contributed by atoms with E-state index in [0.717, 1.165) is 25.1 Å². The van der Waals surface area contributed by atoms with Gasteiger partial charge in [0.15, 0.2) is 0 Å². The summed E-state index contributed by atoms with van der Waals surface area (Å²) < 4.78 is 14.2. The molecule has 1 aromatic rings. The standard InChI is InChI=1S/C16H24FN3O/c1-3-19-9-13-14(17)5-4-6-15(13)20-10-12(16(18)21)8-7-11(20)2/h4-6,11-12,19H,3,7-10H2,1-2H3,(H2,18,21). The number of primary amides is 1. The second-order valence-corrected chi connectivity index (χ2v) is 5.70. The average molecular weight is 293 g/mol. The van der Waals surface area contributed by atoms with Gasteiger partial charge in [-0.15, -0.1) is 0 Å². The monoisotopic (exact) mass is 293 g/mol. The number of hydrogen-bond acceptors (Lipinski definition) is 3. The van der Waals surface area contributed by atoms with E-state index in [1.54, 1.807) is 6.07 Å². The number of carbonyl (C=O) groups excluding carboxylic acids is 1. The van der Waals surface area contributed by atoms with Crippen LogP contribution in [0.1, 0.15) is 32.3 Å². The molecule has 1 fully saturated rings. The summed E-state index contributed by atoms with van der Waals surface area (Å²) in [4.78, 5) is 13.6. The van der Waals surface area contributed by atoms with Crippen molar-refractivity contribution in [2.24, 2.45) is 11.7 Å². The summed E-state index contributed by atoms with van der Waals surface area (Å²) in [5, 5.41) is 3.18. The molecule has 0 aliphatic carbocycles. The zero-order chi connectivity index (χ0) is 15.4. The lowest BCUT2D eigenvalue weighted by Gasteiger charge is -2.39. The molecular formula is C16H24FN3O. The first kappa shape index (κ1) is 15.8. The number of hydrogen-bond donors (Lipinski definition) is 2. The Morgan fingerprint density at radius 2 is 2.24 bits per heavy atom. The normalized spacial score (nSPS) is 22.3. The maximum Gasteiger partial charge on any atom is 0.222 e. The van der Waals surface area contributed by atoms with Crippen LogP contribution in [0.15, 0.2) is 18.2 Å². The number of rotatable bonds is 5. The molecule has 1 heterocycles. The van der Waals surface area contributed by atoms with Gasteiger partial charge in [-0.2, -0.15) is 0 Å². The SMILES string of the molecule is CCNCc1c(F)cccc1N1CC(C(N)=O)CCC1C. The molecule has 2 atom stereocenters. The fraction of sp³-hybridized carbons (Fsp3) is 0.562. The number of benzene rings is 1. The molecule has 5 heteroatoms. The summed E-state index contributed by atoms with van der Waals surface area (Å²) in [5.41, 5.74) is 6.98. The molecule has 4 nitrogen and oxygen atoms in total. The lowest BCUT2D eigenvalue weighted by atomic mass is 9.91. The number of nitrogens with zero attached hydrogens (tertiary/aromatic N) is 1. The molecule has 3 N–H and O–H groups in total. The van der Waals surface area contributed by atoms with E-state index in [0.29, 0.717) is 18.7 Å². The molecule has 1 aromatic carbocycles. The van der Waals surface area contributed by atoms with Crippen molar-refractivity contribution in [3.8, 4) is 0 Å². The van der Waals surface area contributed by atoms with Crippen LogP contribution in [0.5, 0.6) is 0 Å². The Hall–Kier alpha value is -1.62. The van der Waals surface area contributed by atoms with Crippen LogP contribution in [-0.4, -0.2) is 25.0 Å². The first-order valence-electron chi connectivity index (χ1n) is 7.58. The number of piperidine rings is 1. The van der Waals surface area contributed by atoms with E-state index in [1.165, 1.54) is 6.07 Å². The predicted molar refractivity (Wildman–Crippen MR) is 82.5 cm³/mol. The molecule has 0 bridgehead atoms. The maximum atomic E-state index is 14.2. The van der Waals surface area contributed by atoms with Gasteiger partial charge in [0, 0.05) is 30.4 Å². The molecule has 1 aliphatic heterocycles. The highest BCUT2D eigenvalue weighted by Crippen LogP contribution is 2.31. The van der Waals surface area contributed by atoms with E-state index in [4.69, 9.17) is 5.73 Å². The predicted octanol–water partition coefficient (Wildman–Crippen LogP) is 2.03. The number of nitrogens with one attached hydrogen (secondary N) is 1. The Morgan fingerprint density at radius 3 is 2.90 bits per heavy atom. The number of anilines is 1. The average Bonchev–Trinajstić information content (AvgIpc) is 2.46. The van der Waals surface area contributed by atoms with Crippen molar-refractivity contribution >= 4 is 11.6 Å². The second-order valence-electron chi connectivity index (χ2n) is 5.70. The van der Waals surface area contributed by atoms with Crippen molar-refractivity contribution in [3.05, 3.63) is 29.6 Å². The van der Waals surface area contributed by atoms with Crippen LogP contribution in [0, 0.1) is 11.7 Å². The smallest absolute Gasteiger partial charge is 0.222 e. The molecule has 21 heavy (non-hydrogen) atoms. The number of amides is 1. The molecule has 0 spiro atoms. The van der Waals surface area contributed by atoms with Crippen LogP contribution in [-0.2, 0) is 11.3 Å². The third-order valence-electron chi connectivity index (χ3n) is 4.24. The number of halogens is 1. The first-order chi connectivity index (χ1) is 10.0. The van der Waals surface area contributed by atoms with Crippen molar-refractivity contribution in [1.29, 1.82) is 0 Å². The molecule has 116 valence electrons. The number of carbonyl (C=O) groups is 1. The highest BCUT2D eigenvalue weighted by Gasteiger charge is 2.30. The third-order valence-corrected chi connectivity index (χ3v) is 4.24. The topological polar surface area (TPSA) is 58.4 Å². The first-order valence-corrected chi connectivity index (χ1v) is 7.58. The van der Waals surface area contributed by atoms with Gasteiger partial charge in [-0.05, 0) is 38.4 Å². The van der Waals surface area contributed by atoms with E-state index in [-0.39, 0.29) is 23.7 Å². The van der Waals surface area contributed by atoms with Gasteiger partial charge in [0.05, 0.1) is 5.92 Å². The van der Waals surface area contributed by atoms with Gasteiger partial charge in [0.2, 0.25) is 5.91 Å². The number of nitrogens with two attached hydrogens (primary N) is 1. The molecule has 2 unspecified atom stereocenters. The largest absolute Gasteiger partial charge is 0.369 e. The Kier molecular flexibility index (Phi) is 5.17. The fourth-order valence-electron chi connectivity index (χ4n) is 2.92. The van der Waals surface area contributed by atoms with Crippen LogP contribution < -0.4 is 16.0 Å². The molecule has 2 rings (SSSR count). The molecule has 1 aliphatic rings. The maximum absolute atomic E-state index is 14.2. The van der Waals surface area contributed by atoms with E-state index < -0.39 is 0 Å². The summed E-state index contributed by atoms with van der Waals surface area (Å²) in [6.45, 7) is 5.95. The fourth-order valence-corrected chi connectivity index (χ4v) is 2.92. The molecule has 0 radical (unpaired) electrons. The Bertz CT molecular complexity index is 506. The van der Waals surface area contributed by atoms with Crippen LogP contribution >= 0.6 is 0 Å². The van der Waals surface area contributed by atoms with Crippen molar-refractivity contribution in [1.82, 2.24) is 5.32 Å². The zero-order valence-electron chi connectivity index (χ0n) is 12.7. The van der Waals surface area contributed by atoms with Crippen molar-refractivity contribution in [3.63, 3.8) is 0 Å². The van der Waals surface area contributed by atoms with E-state index in [1.807, 2.05) is 13.0 Å². The van der Waals surface area contributed by atoms with Crippen molar-refractivity contribution < 1.29 is 9.18 Å². The third kappa shape index (κ3) is 3.53. The lowest BCUT2D eigenvalue weighted by Crippen LogP contribution is -2.46. The van der Waals surface area contributed by atoms with Gasteiger partial charge in [-0.3, -0.25) is 4.79 Å². The van der Waals surface area contributed by atoms with Crippen LogP contribution in [0.25, 0.3) is 0 Å². The zero-order valence-corrected chi connectivity index (χ0v) is 12.7. The Balaban J connectivity index is 2.30. The van der Waals surface area contributed by atoms with Gasteiger partial charge >= 0.3 is 0 Å². The van der Waals surface area contributed by atoms with E-state index in [9.17, 15) is 9.18 Å². The minimum atomic E-state index is -0.267. The summed E-state index contributed by atoms with van der Waals surface area (Å²) in [7, 11) is 0.